The second-order valence-corrected chi connectivity index (χ2v) is 5.31. The number of carbonyl (C=O) groups is 1. The lowest BCUT2D eigenvalue weighted by molar-refractivity contribution is -0.140. The SMILES string of the molecule is CCC1CC(NC(CC(C)C)C(=O)O)CCO1. The Labute approximate surface area is 104 Å². The number of carboxylic acids is 1. The maximum atomic E-state index is 11.2. The van der Waals surface area contributed by atoms with E-state index < -0.39 is 12.0 Å². The second kappa shape index (κ2) is 6.97. The molecule has 17 heavy (non-hydrogen) atoms. The Morgan fingerprint density at radius 3 is 2.76 bits per heavy atom. The molecule has 4 nitrogen and oxygen atoms in total. The van der Waals surface area contributed by atoms with Crippen LogP contribution in [0.15, 0.2) is 0 Å². The first kappa shape index (κ1) is 14.5. The van der Waals surface area contributed by atoms with E-state index in [0.717, 1.165) is 25.9 Å². The van der Waals surface area contributed by atoms with E-state index in [-0.39, 0.29) is 12.1 Å². The maximum absolute atomic E-state index is 11.2. The second-order valence-electron chi connectivity index (χ2n) is 5.31. The van der Waals surface area contributed by atoms with E-state index in [1.54, 1.807) is 0 Å². The molecular formula is C13H25NO3. The van der Waals surface area contributed by atoms with Crippen LogP contribution in [0.4, 0.5) is 0 Å². The Morgan fingerprint density at radius 2 is 2.24 bits per heavy atom. The van der Waals surface area contributed by atoms with E-state index in [4.69, 9.17) is 4.74 Å². The lowest BCUT2D eigenvalue weighted by Crippen LogP contribution is -2.47. The number of hydrogen-bond acceptors (Lipinski definition) is 3. The minimum Gasteiger partial charge on any atom is -0.480 e. The van der Waals surface area contributed by atoms with Crippen LogP contribution in [0.2, 0.25) is 0 Å². The van der Waals surface area contributed by atoms with Gasteiger partial charge in [-0.1, -0.05) is 20.8 Å². The van der Waals surface area contributed by atoms with Crippen molar-refractivity contribution in [1.82, 2.24) is 5.32 Å². The average Bonchev–Trinajstić information content (AvgIpc) is 2.27. The largest absolute Gasteiger partial charge is 0.480 e. The molecule has 3 unspecified atom stereocenters. The van der Waals surface area contributed by atoms with Crippen molar-refractivity contribution in [1.29, 1.82) is 0 Å². The third-order valence-corrected chi connectivity index (χ3v) is 3.26. The number of aliphatic carboxylic acids is 1. The van der Waals surface area contributed by atoms with E-state index in [0.29, 0.717) is 12.3 Å². The number of carboxylic acid groups (broad SMARTS) is 1. The predicted octanol–water partition coefficient (Wildman–Crippen LogP) is 2.03. The summed E-state index contributed by atoms with van der Waals surface area (Å²) in [6.45, 7) is 6.95. The van der Waals surface area contributed by atoms with Gasteiger partial charge in [0.2, 0.25) is 0 Å². The van der Waals surface area contributed by atoms with E-state index in [1.165, 1.54) is 0 Å². The number of ether oxygens (including phenoxy) is 1. The number of rotatable bonds is 6. The van der Waals surface area contributed by atoms with Crippen LogP contribution < -0.4 is 5.32 Å². The van der Waals surface area contributed by atoms with Crippen molar-refractivity contribution in [2.24, 2.45) is 5.92 Å². The van der Waals surface area contributed by atoms with Crippen LogP contribution in [0.5, 0.6) is 0 Å². The van der Waals surface area contributed by atoms with Gasteiger partial charge in [0.05, 0.1) is 6.10 Å². The van der Waals surface area contributed by atoms with Crippen molar-refractivity contribution < 1.29 is 14.6 Å². The zero-order valence-electron chi connectivity index (χ0n) is 11.1. The highest BCUT2D eigenvalue weighted by molar-refractivity contribution is 5.73. The van der Waals surface area contributed by atoms with Crippen LogP contribution in [-0.2, 0) is 9.53 Å². The lowest BCUT2D eigenvalue weighted by Gasteiger charge is -2.32. The van der Waals surface area contributed by atoms with Crippen molar-refractivity contribution in [2.75, 3.05) is 6.61 Å². The molecule has 0 aromatic carbocycles. The molecule has 0 aliphatic carbocycles. The fourth-order valence-corrected chi connectivity index (χ4v) is 2.31. The Kier molecular flexibility index (Phi) is 5.92. The first-order valence-electron chi connectivity index (χ1n) is 6.63. The van der Waals surface area contributed by atoms with Gasteiger partial charge < -0.3 is 15.2 Å². The fraction of sp³-hybridized carbons (Fsp3) is 0.923. The minimum absolute atomic E-state index is 0.286. The van der Waals surface area contributed by atoms with Gasteiger partial charge in [-0.15, -0.1) is 0 Å². The summed E-state index contributed by atoms with van der Waals surface area (Å²) in [6, 6.07) is -0.135. The highest BCUT2D eigenvalue weighted by Gasteiger charge is 2.26. The van der Waals surface area contributed by atoms with Gasteiger partial charge in [-0.3, -0.25) is 4.79 Å². The van der Waals surface area contributed by atoms with Crippen molar-refractivity contribution in [2.45, 2.75) is 64.6 Å². The van der Waals surface area contributed by atoms with Crippen LogP contribution in [0, 0.1) is 5.92 Å². The molecule has 1 aliphatic rings. The molecule has 1 heterocycles. The molecule has 0 aromatic rings. The van der Waals surface area contributed by atoms with Crippen molar-refractivity contribution in [3.05, 3.63) is 0 Å². The average molecular weight is 243 g/mol. The van der Waals surface area contributed by atoms with Crippen molar-refractivity contribution >= 4 is 5.97 Å². The Balaban J connectivity index is 2.45. The smallest absolute Gasteiger partial charge is 0.320 e. The molecule has 3 atom stereocenters. The molecule has 100 valence electrons. The number of hydrogen-bond donors (Lipinski definition) is 2. The molecule has 0 saturated carbocycles. The number of nitrogens with one attached hydrogen (secondary N) is 1. The Hall–Kier alpha value is -0.610. The first-order chi connectivity index (χ1) is 8.02. The summed E-state index contributed by atoms with van der Waals surface area (Å²) in [5.74, 6) is -0.344. The normalized spacial score (nSPS) is 27.1. The van der Waals surface area contributed by atoms with Gasteiger partial charge in [0.15, 0.2) is 0 Å². The molecule has 0 radical (unpaired) electrons. The molecular weight excluding hydrogens is 218 g/mol. The lowest BCUT2D eigenvalue weighted by atomic mass is 9.98. The van der Waals surface area contributed by atoms with Gasteiger partial charge in [0.25, 0.3) is 0 Å². The summed E-state index contributed by atoms with van der Waals surface area (Å²) in [5, 5.41) is 12.5. The third-order valence-electron chi connectivity index (χ3n) is 3.26. The molecule has 1 saturated heterocycles. The third kappa shape index (κ3) is 5.04. The molecule has 0 spiro atoms. The summed E-state index contributed by atoms with van der Waals surface area (Å²) in [4.78, 5) is 11.2. The van der Waals surface area contributed by atoms with Gasteiger partial charge in [-0.05, 0) is 31.6 Å². The zero-order valence-corrected chi connectivity index (χ0v) is 11.1. The van der Waals surface area contributed by atoms with E-state index in [1.807, 2.05) is 0 Å². The zero-order chi connectivity index (χ0) is 12.8. The molecule has 1 aliphatic heterocycles. The molecule has 0 aromatic heterocycles. The van der Waals surface area contributed by atoms with Crippen LogP contribution >= 0.6 is 0 Å². The Morgan fingerprint density at radius 1 is 1.53 bits per heavy atom. The molecule has 4 heteroatoms. The highest BCUT2D eigenvalue weighted by atomic mass is 16.5. The monoisotopic (exact) mass is 243 g/mol. The van der Waals surface area contributed by atoms with Crippen LogP contribution in [0.3, 0.4) is 0 Å². The van der Waals surface area contributed by atoms with E-state index >= 15 is 0 Å². The van der Waals surface area contributed by atoms with E-state index in [2.05, 4.69) is 26.1 Å². The maximum Gasteiger partial charge on any atom is 0.320 e. The van der Waals surface area contributed by atoms with Crippen LogP contribution in [-0.4, -0.2) is 35.9 Å². The minimum atomic E-state index is -0.738. The fourth-order valence-electron chi connectivity index (χ4n) is 2.31. The first-order valence-corrected chi connectivity index (χ1v) is 6.63. The molecule has 2 N–H and O–H groups in total. The van der Waals surface area contributed by atoms with Gasteiger partial charge >= 0.3 is 5.97 Å². The standard InChI is InChI=1S/C13H25NO3/c1-4-11-8-10(5-6-17-11)14-12(13(15)16)7-9(2)3/h9-12,14H,4-8H2,1-3H3,(H,15,16). The van der Waals surface area contributed by atoms with Gasteiger partial charge in [0.1, 0.15) is 6.04 Å². The molecule has 1 rings (SSSR count). The highest BCUT2D eigenvalue weighted by Crippen LogP contribution is 2.18. The van der Waals surface area contributed by atoms with Gasteiger partial charge in [0, 0.05) is 12.6 Å². The summed E-state index contributed by atoms with van der Waals surface area (Å²) in [7, 11) is 0. The molecule has 0 bridgehead atoms. The summed E-state index contributed by atoms with van der Waals surface area (Å²) < 4.78 is 5.59. The Bertz CT molecular complexity index is 243. The van der Waals surface area contributed by atoms with Crippen molar-refractivity contribution in [3.8, 4) is 0 Å². The van der Waals surface area contributed by atoms with Crippen LogP contribution in [0.1, 0.15) is 46.5 Å². The quantitative estimate of drug-likeness (QED) is 0.749. The van der Waals surface area contributed by atoms with Gasteiger partial charge in [-0.2, -0.15) is 0 Å². The van der Waals surface area contributed by atoms with Crippen molar-refractivity contribution in [3.63, 3.8) is 0 Å². The molecule has 0 amide bonds. The van der Waals surface area contributed by atoms with Gasteiger partial charge in [-0.25, -0.2) is 0 Å². The van der Waals surface area contributed by atoms with E-state index in [9.17, 15) is 9.90 Å². The molecule has 1 fully saturated rings. The predicted molar refractivity (Wildman–Crippen MR) is 67.1 cm³/mol. The summed E-state index contributed by atoms with van der Waals surface area (Å²) in [6.07, 6.45) is 3.81. The topological polar surface area (TPSA) is 58.6 Å². The summed E-state index contributed by atoms with van der Waals surface area (Å²) in [5.41, 5.74) is 0. The van der Waals surface area contributed by atoms with Crippen LogP contribution in [0.25, 0.3) is 0 Å². The summed E-state index contributed by atoms with van der Waals surface area (Å²) >= 11 is 0.